The van der Waals surface area contributed by atoms with Gasteiger partial charge in [-0.25, -0.2) is 0 Å². The standard InChI is InChI=1S/C9H16O4/c1-4-7(2)13-9(11)6-5-8(10)12-3/h7H,4-6H2,1-3H3. The Morgan fingerprint density at radius 2 is 1.77 bits per heavy atom. The normalized spacial score (nSPS) is 11.9. The van der Waals surface area contributed by atoms with E-state index in [1.54, 1.807) is 0 Å². The van der Waals surface area contributed by atoms with Crippen LogP contribution in [0.2, 0.25) is 0 Å². The highest BCUT2D eigenvalue weighted by Crippen LogP contribution is 2.01. The van der Waals surface area contributed by atoms with Gasteiger partial charge in [-0.2, -0.15) is 0 Å². The van der Waals surface area contributed by atoms with Crippen molar-refractivity contribution in [2.75, 3.05) is 7.11 Å². The molecule has 13 heavy (non-hydrogen) atoms. The SMILES string of the molecule is CCC(C)OC(=O)CCC(=O)OC. The first-order valence-corrected chi connectivity index (χ1v) is 4.36. The lowest BCUT2D eigenvalue weighted by atomic mass is 10.3. The molecule has 0 fully saturated rings. The Bertz CT molecular complexity index is 176. The predicted octanol–water partition coefficient (Wildman–Crippen LogP) is 1.28. The maximum absolute atomic E-state index is 11.0. The number of hydrogen-bond acceptors (Lipinski definition) is 4. The molecule has 0 saturated heterocycles. The highest BCUT2D eigenvalue weighted by atomic mass is 16.5. The second kappa shape index (κ2) is 6.46. The predicted molar refractivity (Wildman–Crippen MR) is 47.1 cm³/mol. The van der Waals surface area contributed by atoms with Crippen molar-refractivity contribution in [3.63, 3.8) is 0 Å². The van der Waals surface area contributed by atoms with Gasteiger partial charge in [0.15, 0.2) is 0 Å². The first kappa shape index (κ1) is 11.9. The summed E-state index contributed by atoms with van der Waals surface area (Å²) in [6.07, 6.45) is 0.886. The van der Waals surface area contributed by atoms with Crippen LogP contribution in [0.1, 0.15) is 33.1 Å². The van der Waals surface area contributed by atoms with E-state index in [0.717, 1.165) is 6.42 Å². The molecule has 0 aliphatic carbocycles. The molecule has 4 heteroatoms. The molecule has 0 aliphatic heterocycles. The maximum Gasteiger partial charge on any atom is 0.306 e. The van der Waals surface area contributed by atoms with E-state index < -0.39 is 0 Å². The van der Waals surface area contributed by atoms with Crippen molar-refractivity contribution in [3.05, 3.63) is 0 Å². The fraction of sp³-hybridized carbons (Fsp3) is 0.778. The Morgan fingerprint density at radius 3 is 2.23 bits per heavy atom. The van der Waals surface area contributed by atoms with Crippen LogP contribution >= 0.6 is 0 Å². The summed E-state index contributed by atoms with van der Waals surface area (Å²) in [6, 6.07) is 0. The van der Waals surface area contributed by atoms with Gasteiger partial charge >= 0.3 is 11.9 Å². The second-order valence-corrected chi connectivity index (χ2v) is 2.78. The third-order valence-corrected chi connectivity index (χ3v) is 1.67. The van der Waals surface area contributed by atoms with Crippen LogP contribution in [0.3, 0.4) is 0 Å². The molecule has 0 radical (unpaired) electrons. The molecule has 1 atom stereocenters. The van der Waals surface area contributed by atoms with E-state index in [2.05, 4.69) is 4.74 Å². The topological polar surface area (TPSA) is 52.6 Å². The summed E-state index contributed by atoms with van der Waals surface area (Å²) >= 11 is 0. The highest BCUT2D eigenvalue weighted by Gasteiger charge is 2.10. The molecule has 0 aromatic carbocycles. The lowest BCUT2D eigenvalue weighted by Gasteiger charge is -2.09. The summed E-state index contributed by atoms with van der Waals surface area (Å²) < 4.78 is 9.33. The van der Waals surface area contributed by atoms with Gasteiger partial charge in [-0.15, -0.1) is 0 Å². The number of methoxy groups -OCH3 is 1. The minimum absolute atomic E-state index is 0.0786. The van der Waals surface area contributed by atoms with Crippen molar-refractivity contribution in [1.82, 2.24) is 0 Å². The van der Waals surface area contributed by atoms with Gasteiger partial charge in [0.1, 0.15) is 0 Å². The Kier molecular flexibility index (Phi) is 5.93. The largest absolute Gasteiger partial charge is 0.469 e. The molecular formula is C9H16O4. The minimum Gasteiger partial charge on any atom is -0.469 e. The Hall–Kier alpha value is -1.06. The molecule has 0 bridgehead atoms. The van der Waals surface area contributed by atoms with Crippen LogP contribution in [0.15, 0.2) is 0 Å². The van der Waals surface area contributed by atoms with E-state index in [-0.39, 0.29) is 30.9 Å². The maximum atomic E-state index is 11.0. The fourth-order valence-corrected chi connectivity index (χ4v) is 0.673. The van der Waals surface area contributed by atoms with Gasteiger partial charge in [0.25, 0.3) is 0 Å². The second-order valence-electron chi connectivity index (χ2n) is 2.78. The van der Waals surface area contributed by atoms with E-state index in [9.17, 15) is 9.59 Å². The van der Waals surface area contributed by atoms with E-state index >= 15 is 0 Å². The number of esters is 2. The third-order valence-electron chi connectivity index (χ3n) is 1.67. The molecular weight excluding hydrogens is 172 g/mol. The summed E-state index contributed by atoms with van der Waals surface area (Å²) in [5, 5.41) is 0. The summed E-state index contributed by atoms with van der Waals surface area (Å²) in [5.74, 6) is -0.735. The van der Waals surface area contributed by atoms with Crippen LogP contribution in [0.4, 0.5) is 0 Å². The number of ether oxygens (including phenoxy) is 2. The first-order chi connectivity index (χ1) is 6.10. The molecule has 0 aliphatic rings. The summed E-state index contributed by atoms with van der Waals surface area (Å²) in [4.78, 5) is 21.6. The van der Waals surface area contributed by atoms with Crippen LogP contribution in [0.5, 0.6) is 0 Å². The van der Waals surface area contributed by atoms with Crippen molar-refractivity contribution >= 4 is 11.9 Å². The van der Waals surface area contributed by atoms with Gasteiger partial charge in [0.05, 0.1) is 26.1 Å². The molecule has 0 N–H and O–H groups in total. The molecule has 0 heterocycles. The Balaban J connectivity index is 3.57. The molecule has 0 spiro atoms. The molecule has 0 aromatic rings. The zero-order valence-electron chi connectivity index (χ0n) is 8.33. The first-order valence-electron chi connectivity index (χ1n) is 4.36. The number of rotatable bonds is 5. The Labute approximate surface area is 78.2 Å². The van der Waals surface area contributed by atoms with Gasteiger partial charge in [0.2, 0.25) is 0 Å². The van der Waals surface area contributed by atoms with E-state index in [1.165, 1.54) is 7.11 Å². The zero-order chi connectivity index (χ0) is 10.3. The lowest BCUT2D eigenvalue weighted by Crippen LogP contribution is -2.15. The summed E-state index contributed by atoms with van der Waals surface area (Å²) in [5.41, 5.74) is 0. The zero-order valence-corrected chi connectivity index (χ0v) is 8.33. The van der Waals surface area contributed by atoms with E-state index in [0.29, 0.717) is 0 Å². The van der Waals surface area contributed by atoms with Gasteiger partial charge in [-0.05, 0) is 13.3 Å². The number of carbonyl (C=O) groups excluding carboxylic acids is 2. The van der Waals surface area contributed by atoms with Crippen molar-refractivity contribution in [1.29, 1.82) is 0 Å². The monoisotopic (exact) mass is 188 g/mol. The minimum atomic E-state index is -0.388. The van der Waals surface area contributed by atoms with E-state index in [1.807, 2.05) is 13.8 Å². The quantitative estimate of drug-likeness (QED) is 0.610. The van der Waals surface area contributed by atoms with Gasteiger partial charge in [-0.1, -0.05) is 6.92 Å². The van der Waals surface area contributed by atoms with Crippen LogP contribution in [-0.2, 0) is 19.1 Å². The Morgan fingerprint density at radius 1 is 1.23 bits per heavy atom. The summed E-state index contributed by atoms with van der Waals surface area (Å²) in [6.45, 7) is 3.74. The lowest BCUT2D eigenvalue weighted by molar-refractivity contribution is -0.152. The van der Waals surface area contributed by atoms with Crippen molar-refractivity contribution in [3.8, 4) is 0 Å². The average Bonchev–Trinajstić information content (AvgIpc) is 2.13. The van der Waals surface area contributed by atoms with Gasteiger partial charge < -0.3 is 9.47 Å². The molecule has 0 rings (SSSR count). The van der Waals surface area contributed by atoms with Crippen LogP contribution in [-0.4, -0.2) is 25.2 Å². The van der Waals surface area contributed by atoms with Gasteiger partial charge in [0, 0.05) is 0 Å². The number of carbonyl (C=O) groups is 2. The highest BCUT2D eigenvalue weighted by molar-refractivity contribution is 5.77. The molecule has 76 valence electrons. The molecule has 0 aromatic heterocycles. The van der Waals surface area contributed by atoms with Crippen molar-refractivity contribution in [2.24, 2.45) is 0 Å². The smallest absolute Gasteiger partial charge is 0.306 e. The van der Waals surface area contributed by atoms with E-state index in [4.69, 9.17) is 4.74 Å². The number of hydrogen-bond donors (Lipinski definition) is 0. The third kappa shape index (κ3) is 6.13. The van der Waals surface area contributed by atoms with Crippen LogP contribution < -0.4 is 0 Å². The molecule has 0 saturated carbocycles. The molecule has 1 unspecified atom stereocenters. The summed E-state index contributed by atoms with van der Waals surface area (Å²) in [7, 11) is 1.29. The fourth-order valence-electron chi connectivity index (χ4n) is 0.673. The molecule has 0 amide bonds. The van der Waals surface area contributed by atoms with Crippen LogP contribution in [0, 0.1) is 0 Å². The van der Waals surface area contributed by atoms with Crippen molar-refractivity contribution < 1.29 is 19.1 Å². The van der Waals surface area contributed by atoms with Crippen molar-refractivity contribution in [2.45, 2.75) is 39.2 Å². The average molecular weight is 188 g/mol. The van der Waals surface area contributed by atoms with Gasteiger partial charge in [-0.3, -0.25) is 9.59 Å². The van der Waals surface area contributed by atoms with Crippen LogP contribution in [0.25, 0.3) is 0 Å². The molecule has 4 nitrogen and oxygen atoms in total.